The standard InChI is InChI=1S/C13H14F4N2O/c14-7-5-8(15)11(17)12(10(7)16)19-9(20)6-13(18)3-1-2-4-13/h5H,1-4,6,18H2,(H,19,20). The van der Waals surface area contributed by atoms with Gasteiger partial charge < -0.3 is 11.1 Å². The molecule has 0 radical (unpaired) electrons. The summed E-state index contributed by atoms with van der Waals surface area (Å²) in [5.74, 6) is -7.16. The summed E-state index contributed by atoms with van der Waals surface area (Å²) in [7, 11) is 0. The second kappa shape index (κ2) is 5.40. The predicted molar refractivity (Wildman–Crippen MR) is 64.9 cm³/mol. The Morgan fingerprint density at radius 1 is 1.15 bits per heavy atom. The SMILES string of the molecule is NC1(CC(=O)Nc2c(F)c(F)cc(F)c2F)CCCC1. The summed E-state index contributed by atoms with van der Waals surface area (Å²) in [4.78, 5) is 11.7. The van der Waals surface area contributed by atoms with Gasteiger partial charge in [-0.05, 0) is 12.8 Å². The highest BCUT2D eigenvalue weighted by molar-refractivity contribution is 5.91. The van der Waals surface area contributed by atoms with Crippen molar-refractivity contribution in [3.8, 4) is 0 Å². The van der Waals surface area contributed by atoms with Gasteiger partial charge in [0.2, 0.25) is 5.91 Å². The smallest absolute Gasteiger partial charge is 0.226 e. The molecule has 0 atom stereocenters. The third-order valence-corrected chi connectivity index (χ3v) is 3.49. The van der Waals surface area contributed by atoms with Gasteiger partial charge in [-0.3, -0.25) is 4.79 Å². The van der Waals surface area contributed by atoms with E-state index in [1.54, 1.807) is 0 Å². The summed E-state index contributed by atoms with van der Waals surface area (Å²) >= 11 is 0. The number of anilines is 1. The molecule has 0 saturated heterocycles. The maximum Gasteiger partial charge on any atom is 0.226 e. The zero-order chi connectivity index (χ0) is 14.9. The molecule has 3 nitrogen and oxygen atoms in total. The number of hydrogen-bond donors (Lipinski definition) is 2. The number of carbonyl (C=O) groups is 1. The Morgan fingerprint density at radius 2 is 1.65 bits per heavy atom. The van der Waals surface area contributed by atoms with Crippen molar-refractivity contribution in [2.24, 2.45) is 5.73 Å². The summed E-state index contributed by atoms with van der Waals surface area (Å²) in [6, 6.07) is 0.0850. The van der Waals surface area contributed by atoms with Gasteiger partial charge in [0.05, 0.1) is 0 Å². The number of halogens is 4. The Labute approximate surface area is 113 Å². The predicted octanol–water partition coefficient (Wildman–Crippen LogP) is 2.84. The van der Waals surface area contributed by atoms with E-state index >= 15 is 0 Å². The van der Waals surface area contributed by atoms with Crippen LogP contribution in [0.1, 0.15) is 32.1 Å². The Morgan fingerprint density at radius 3 is 2.15 bits per heavy atom. The van der Waals surface area contributed by atoms with Crippen molar-refractivity contribution in [1.29, 1.82) is 0 Å². The molecule has 0 spiro atoms. The molecule has 1 amide bonds. The number of nitrogens with one attached hydrogen (secondary N) is 1. The Bertz CT molecular complexity index is 515. The average Bonchev–Trinajstić information content (AvgIpc) is 2.78. The van der Waals surface area contributed by atoms with Gasteiger partial charge >= 0.3 is 0 Å². The van der Waals surface area contributed by atoms with Gasteiger partial charge in [0.15, 0.2) is 23.3 Å². The fourth-order valence-electron chi connectivity index (χ4n) is 2.44. The molecule has 1 fully saturated rings. The van der Waals surface area contributed by atoms with Gasteiger partial charge in [0, 0.05) is 18.0 Å². The third-order valence-electron chi connectivity index (χ3n) is 3.49. The van der Waals surface area contributed by atoms with Gasteiger partial charge in [0.1, 0.15) is 5.69 Å². The van der Waals surface area contributed by atoms with Crippen molar-refractivity contribution in [2.45, 2.75) is 37.6 Å². The normalized spacial score (nSPS) is 17.2. The topological polar surface area (TPSA) is 55.1 Å². The minimum Gasteiger partial charge on any atom is -0.325 e. The highest BCUT2D eigenvalue weighted by atomic mass is 19.2. The molecule has 0 heterocycles. The van der Waals surface area contributed by atoms with Gasteiger partial charge in [-0.2, -0.15) is 0 Å². The Balaban J connectivity index is 2.16. The lowest BCUT2D eigenvalue weighted by Gasteiger charge is -2.22. The summed E-state index contributed by atoms with van der Waals surface area (Å²) in [5, 5.41) is 1.86. The van der Waals surface area contributed by atoms with E-state index in [4.69, 9.17) is 5.73 Å². The van der Waals surface area contributed by atoms with Crippen molar-refractivity contribution in [3.05, 3.63) is 29.3 Å². The fraction of sp³-hybridized carbons (Fsp3) is 0.462. The van der Waals surface area contributed by atoms with Crippen molar-refractivity contribution in [1.82, 2.24) is 0 Å². The zero-order valence-corrected chi connectivity index (χ0v) is 10.6. The number of hydrogen-bond acceptors (Lipinski definition) is 2. The molecule has 7 heteroatoms. The van der Waals surface area contributed by atoms with Crippen molar-refractivity contribution in [3.63, 3.8) is 0 Å². The number of carbonyl (C=O) groups excluding carboxylic acids is 1. The van der Waals surface area contributed by atoms with Crippen LogP contribution in [-0.4, -0.2) is 11.4 Å². The van der Waals surface area contributed by atoms with E-state index in [9.17, 15) is 22.4 Å². The average molecular weight is 290 g/mol. The Kier molecular flexibility index (Phi) is 3.99. The van der Waals surface area contributed by atoms with Crippen LogP contribution in [0.25, 0.3) is 0 Å². The van der Waals surface area contributed by atoms with Crippen molar-refractivity contribution >= 4 is 11.6 Å². The van der Waals surface area contributed by atoms with Crippen LogP contribution in [0.2, 0.25) is 0 Å². The van der Waals surface area contributed by atoms with Crippen LogP contribution >= 0.6 is 0 Å². The minimum absolute atomic E-state index is 0.0850. The molecule has 0 bridgehead atoms. The summed E-state index contributed by atoms with van der Waals surface area (Å²) in [5.41, 5.74) is 4.12. The maximum atomic E-state index is 13.4. The molecule has 20 heavy (non-hydrogen) atoms. The van der Waals surface area contributed by atoms with Crippen LogP contribution in [0, 0.1) is 23.3 Å². The lowest BCUT2D eigenvalue weighted by molar-refractivity contribution is -0.117. The van der Waals surface area contributed by atoms with Gasteiger partial charge in [-0.15, -0.1) is 0 Å². The molecule has 0 aromatic heterocycles. The zero-order valence-electron chi connectivity index (χ0n) is 10.6. The number of rotatable bonds is 3. The van der Waals surface area contributed by atoms with Crippen LogP contribution < -0.4 is 11.1 Å². The minimum atomic E-state index is -1.63. The van der Waals surface area contributed by atoms with Crippen LogP contribution in [0.4, 0.5) is 23.2 Å². The second-order valence-corrected chi connectivity index (χ2v) is 5.14. The first-order chi connectivity index (χ1) is 9.32. The van der Waals surface area contributed by atoms with E-state index < -0.39 is 40.4 Å². The maximum absolute atomic E-state index is 13.4. The first kappa shape index (κ1) is 14.8. The van der Waals surface area contributed by atoms with Crippen LogP contribution in [0.15, 0.2) is 6.07 Å². The molecule has 1 saturated carbocycles. The van der Waals surface area contributed by atoms with E-state index in [0.29, 0.717) is 12.8 Å². The number of amides is 1. The molecule has 0 aliphatic heterocycles. The molecular weight excluding hydrogens is 276 g/mol. The molecule has 1 aromatic carbocycles. The van der Waals surface area contributed by atoms with Crippen molar-refractivity contribution < 1.29 is 22.4 Å². The van der Waals surface area contributed by atoms with Crippen LogP contribution in [0.3, 0.4) is 0 Å². The van der Waals surface area contributed by atoms with E-state index in [-0.39, 0.29) is 12.5 Å². The highest BCUT2D eigenvalue weighted by Gasteiger charge is 2.32. The second-order valence-electron chi connectivity index (χ2n) is 5.14. The first-order valence-electron chi connectivity index (χ1n) is 6.24. The fourth-order valence-corrected chi connectivity index (χ4v) is 2.44. The quantitative estimate of drug-likeness (QED) is 0.664. The van der Waals surface area contributed by atoms with E-state index in [0.717, 1.165) is 12.8 Å². The molecular formula is C13H14F4N2O. The van der Waals surface area contributed by atoms with E-state index in [2.05, 4.69) is 0 Å². The van der Waals surface area contributed by atoms with Gasteiger partial charge in [0.25, 0.3) is 0 Å². The van der Waals surface area contributed by atoms with Crippen LogP contribution in [0.5, 0.6) is 0 Å². The van der Waals surface area contributed by atoms with Gasteiger partial charge in [-0.1, -0.05) is 12.8 Å². The molecule has 1 aromatic rings. The van der Waals surface area contributed by atoms with Crippen molar-refractivity contribution in [2.75, 3.05) is 5.32 Å². The van der Waals surface area contributed by atoms with Crippen LogP contribution in [-0.2, 0) is 4.79 Å². The molecule has 2 rings (SSSR count). The molecule has 3 N–H and O–H groups in total. The number of nitrogens with two attached hydrogens (primary N) is 1. The Hall–Kier alpha value is -1.63. The van der Waals surface area contributed by atoms with E-state index in [1.807, 2.05) is 5.32 Å². The summed E-state index contributed by atoms with van der Waals surface area (Å²) < 4.78 is 52.8. The van der Waals surface area contributed by atoms with Gasteiger partial charge in [-0.25, -0.2) is 17.6 Å². The largest absolute Gasteiger partial charge is 0.325 e. The lowest BCUT2D eigenvalue weighted by atomic mass is 9.94. The highest BCUT2D eigenvalue weighted by Crippen LogP contribution is 2.31. The molecule has 1 aliphatic rings. The van der Waals surface area contributed by atoms with E-state index in [1.165, 1.54) is 0 Å². The lowest BCUT2D eigenvalue weighted by Crippen LogP contribution is -2.40. The summed E-state index contributed by atoms with van der Waals surface area (Å²) in [6.07, 6.45) is 2.86. The number of benzene rings is 1. The molecule has 110 valence electrons. The third kappa shape index (κ3) is 2.92. The summed E-state index contributed by atoms with van der Waals surface area (Å²) in [6.45, 7) is 0. The first-order valence-corrected chi connectivity index (χ1v) is 6.24. The molecule has 0 unspecified atom stereocenters. The monoisotopic (exact) mass is 290 g/mol. The molecule has 1 aliphatic carbocycles.